The van der Waals surface area contributed by atoms with E-state index < -0.39 is 0 Å². The molecule has 0 heterocycles. The van der Waals surface area contributed by atoms with E-state index in [1.165, 1.54) is 60.2 Å². The Balaban J connectivity index is 0.000000286. The molecule has 0 nitrogen and oxygen atoms in total. The van der Waals surface area contributed by atoms with Crippen molar-refractivity contribution in [3.63, 3.8) is 0 Å². The maximum Gasteiger partial charge on any atom is -0.0180 e. The molecule has 0 amide bonds. The van der Waals surface area contributed by atoms with Crippen molar-refractivity contribution in [3.8, 4) is 11.1 Å². The molecule has 0 saturated heterocycles. The maximum absolute atomic E-state index is 3.36. The predicted octanol–water partition coefficient (Wildman–Crippen LogP) is 10.9. The first-order chi connectivity index (χ1) is 17.3. The van der Waals surface area contributed by atoms with E-state index in [4.69, 9.17) is 0 Å². The Kier molecular flexibility index (Phi) is 12.4. The first-order valence-electron chi connectivity index (χ1n) is 12.6. The van der Waals surface area contributed by atoms with E-state index in [0.717, 1.165) is 0 Å². The molecule has 1 atom stereocenters. The minimum absolute atomic E-state index is 0. The largest absolute Gasteiger partial charge is 0.150 e. The van der Waals surface area contributed by atoms with Crippen molar-refractivity contribution in [3.05, 3.63) is 114 Å². The van der Waals surface area contributed by atoms with Gasteiger partial charge in [-0.15, -0.1) is 78.4 Å². The van der Waals surface area contributed by atoms with Gasteiger partial charge >= 0.3 is 41.9 Å². The van der Waals surface area contributed by atoms with Gasteiger partial charge in [0.15, 0.2) is 0 Å². The van der Waals surface area contributed by atoms with Crippen molar-refractivity contribution in [2.75, 3.05) is 0 Å². The predicted molar refractivity (Wildman–Crippen MR) is 172 cm³/mol. The van der Waals surface area contributed by atoms with Gasteiger partial charge in [0.1, 0.15) is 0 Å². The van der Waals surface area contributed by atoms with Crippen LogP contribution in [-0.2, 0) is 23.3 Å². The summed E-state index contributed by atoms with van der Waals surface area (Å²) in [7, 11) is 0. The van der Waals surface area contributed by atoms with E-state index in [-0.39, 0.29) is 30.2 Å². The molecule has 5 aromatic rings. The molecular formula is C34H36Cl2SiZr. The summed E-state index contributed by atoms with van der Waals surface area (Å²) in [4.78, 5) is 0. The van der Waals surface area contributed by atoms with Crippen molar-refractivity contribution in [2.45, 2.75) is 40.8 Å². The van der Waals surface area contributed by atoms with E-state index in [2.05, 4.69) is 138 Å². The average molecular weight is 635 g/mol. The molecule has 1 aliphatic carbocycles. The molecule has 1 aliphatic rings. The minimum Gasteiger partial charge on any atom is -0.150 e. The van der Waals surface area contributed by atoms with Gasteiger partial charge in [0.25, 0.3) is 0 Å². The van der Waals surface area contributed by atoms with Gasteiger partial charge < -0.3 is 0 Å². The van der Waals surface area contributed by atoms with Crippen LogP contribution < -0.4 is 0 Å². The Labute approximate surface area is 255 Å². The quantitative estimate of drug-likeness (QED) is 0.0978. The number of allylic oxidation sites excluding steroid dienone is 4. The summed E-state index contributed by atoms with van der Waals surface area (Å²) in [5, 5.41) is 7.87. The summed E-state index contributed by atoms with van der Waals surface area (Å²) < 4.78 is 0. The van der Waals surface area contributed by atoms with E-state index in [9.17, 15) is 0 Å². The second-order valence-electron chi connectivity index (χ2n) is 9.83. The van der Waals surface area contributed by atoms with Crippen LogP contribution >= 0.6 is 24.8 Å². The van der Waals surface area contributed by atoms with Crippen LogP contribution in [0.25, 0.3) is 43.4 Å². The van der Waals surface area contributed by atoms with Crippen LogP contribution in [0, 0.1) is 12.0 Å². The Morgan fingerprint density at radius 2 is 1.24 bits per heavy atom. The third-order valence-electron chi connectivity index (χ3n) is 6.96. The Morgan fingerprint density at radius 3 is 1.68 bits per heavy atom. The molecular weight excluding hydrogens is 599 g/mol. The van der Waals surface area contributed by atoms with Gasteiger partial charge in [0.2, 0.25) is 0 Å². The van der Waals surface area contributed by atoms with E-state index in [1.54, 1.807) is 23.3 Å². The number of benzene rings is 4. The van der Waals surface area contributed by atoms with Gasteiger partial charge in [-0.05, 0) is 27.6 Å². The number of hydrogen-bond acceptors (Lipinski definition) is 0. The van der Waals surface area contributed by atoms with Crippen molar-refractivity contribution in [1.29, 1.82) is 0 Å². The minimum atomic E-state index is 0. The first kappa shape index (κ1) is 32.4. The summed E-state index contributed by atoms with van der Waals surface area (Å²) in [5.74, 6) is 0.560. The van der Waals surface area contributed by atoms with Gasteiger partial charge in [-0.2, -0.15) is 11.1 Å². The fourth-order valence-corrected chi connectivity index (χ4v) is 4.83. The van der Waals surface area contributed by atoms with Gasteiger partial charge in [0.05, 0.1) is 0 Å². The number of hydrogen-bond donors (Lipinski definition) is 0. The molecule has 0 saturated carbocycles. The standard InChI is InChI=1S/C23H15.C9H13.C2H6Si.2ClH.Zr/c1-4-10-19-16(7-1)13-14-22(19)23-20-11-5-2-8-17(20)15-18-9-3-6-12-21(18)23;1-6-5-7(2)9(4)8(6)3;1-3-2;;;/h1-15H;6H,1-4H3;1-2H3;2*1H;/q2*-1;;;;+2. The van der Waals surface area contributed by atoms with Crippen LogP contribution in [0.1, 0.15) is 27.7 Å². The fourth-order valence-electron chi connectivity index (χ4n) is 4.83. The van der Waals surface area contributed by atoms with Crippen LogP contribution in [-0.4, -0.2) is 5.43 Å². The molecule has 0 spiro atoms. The number of rotatable bonds is 1. The van der Waals surface area contributed by atoms with Crippen molar-refractivity contribution >= 4 is 62.6 Å². The van der Waals surface area contributed by atoms with E-state index in [1.807, 2.05) is 0 Å². The normalized spacial score (nSPS) is 14.1. The molecule has 38 heavy (non-hydrogen) atoms. The van der Waals surface area contributed by atoms with E-state index in [0.29, 0.717) is 5.92 Å². The second kappa shape index (κ2) is 14.5. The fraction of sp³-hybridized carbons (Fsp3) is 0.206. The van der Waals surface area contributed by atoms with Gasteiger partial charge in [-0.1, -0.05) is 86.8 Å². The molecule has 0 N–H and O–H groups in total. The zero-order valence-electron chi connectivity index (χ0n) is 23.1. The topological polar surface area (TPSA) is 0 Å². The monoisotopic (exact) mass is 632 g/mol. The van der Waals surface area contributed by atoms with Crippen molar-refractivity contribution < 1.29 is 23.3 Å². The first-order valence-corrected chi connectivity index (χ1v) is 18.8. The zero-order chi connectivity index (χ0) is 25.8. The Hall–Kier alpha value is -1.83. The summed E-state index contributed by atoms with van der Waals surface area (Å²) in [6.07, 6.45) is 3.36. The summed E-state index contributed by atoms with van der Waals surface area (Å²) in [6.45, 7) is 13.3. The van der Waals surface area contributed by atoms with Crippen LogP contribution in [0.4, 0.5) is 0 Å². The molecule has 0 fully saturated rings. The molecule has 0 aliphatic heterocycles. The molecule has 0 radical (unpaired) electrons. The molecule has 0 bridgehead atoms. The summed E-state index contributed by atoms with van der Waals surface area (Å²) >= 11 is 1.74. The van der Waals surface area contributed by atoms with Crippen LogP contribution in [0.3, 0.4) is 0 Å². The smallest absolute Gasteiger partial charge is 0.0180 e. The Morgan fingerprint density at radius 1 is 0.763 bits per heavy atom. The third-order valence-corrected chi connectivity index (χ3v) is 6.96. The number of fused-ring (bicyclic) bond motifs is 3. The Bertz CT molecular complexity index is 1570. The molecule has 194 valence electrons. The molecule has 5 aromatic carbocycles. The molecule has 4 heteroatoms. The second-order valence-corrected chi connectivity index (χ2v) is 19.2. The van der Waals surface area contributed by atoms with E-state index >= 15 is 0 Å². The van der Waals surface area contributed by atoms with Crippen LogP contribution in [0.2, 0.25) is 13.1 Å². The summed E-state index contributed by atoms with van der Waals surface area (Å²) in [5.41, 5.74) is 7.13. The molecule has 6 rings (SSSR count). The van der Waals surface area contributed by atoms with Crippen LogP contribution in [0.5, 0.6) is 0 Å². The van der Waals surface area contributed by atoms with Crippen molar-refractivity contribution in [1.82, 2.24) is 0 Å². The number of halogens is 2. The van der Waals surface area contributed by atoms with Crippen LogP contribution in [0.15, 0.2) is 108 Å². The van der Waals surface area contributed by atoms with Crippen molar-refractivity contribution in [2.24, 2.45) is 5.92 Å². The average Bonchev–Trinajstić information content (AvgIpc) is 3.38. The summed E-state index contributed by atoms with van der Waals surface area (Å²) in [6, 6.07) is 32.8. The SMILES string of the molecule is CC1=[C-]C(C)C(C)=C1C.C[Si](C)=[Zr+2].Cl.Cl.c1ccc2c(-c3c[cH-]c4ccccc34)c3ccccc3cc2c1. The van der Waals surface area contributed by atoms with Gasteiger partial charge in [-0.3, -0.25) is 6.08 Å². The van der Waals surface area contributed by atoms with Gasteiger partial charge in [-0.25, -0.2) is 5.57 Å². The molecule has 1 unspecified atom stereocenters. The zero-order valence-corrected chi connectivity index (χ0v) is 28.1. The maximum atomic E-state index is 3.36. The van der Waals surface area contributed by atoms with Gasteiger partial charge in [0, 0.05) is 0 Å². The molecule has 0 aromatic heterocycles. The third kappa shape index (κ3) is 7.22.